The predicted octanol–water partition coefficient (Wildman–Crippen LogP) is 7.94. The van der Waals surface area contributed by atoms with Crippen molar-refractivity contribution in [2.24, 2.45) is 0 Å². The van der Waals surface area contributed by atoms with E-state index in [1.807, 2.05) is 55.5 Å². The summed E-state index contributed by atoms with van der Waals surface area (Å²) in [5, 5.41) is 1.21. The molecule has 6 heteroatoms. The topological polar surface area (TPSA) is 38.8 Å². The third kappa shape index (κ3) is 4.64. The minimum absolute atomic E-state index is 0.111. The minimum Gasteiger partial charge on any atom is -0.478 e. The van der Waals surface area contributed by atoms with Gasteiger partial charge in [0.1, 0.15) is 18.2 Å². The van der Waals surface area contributed by atoms with Gasteiger partial charge in [0.25, 0.3) is 0 Å². The quantitative estimate of drug-likeness (QED) is 0.252. The van der Waals surface area contributed by atoms with E-state index in [1.165, 1.54) is 0 Å². The van der Waals surface area contributed by atoms with Crippen LogP contribution in [0.5, 0.6) is 11.5 Å². The summed E-state index contributed by atoms with van der Waals surface area (Å²) in [4.78, 5) is 15.5. The van der Waals surface area contributed by atoms with Gasteiger partial charge >= 0.3 is 0 Å². The zero-order chi connectivity index (χ0) is 25.5. The number of allylic oxidation sites excluding steroid dienone is 1. The van der Waals surface area contributed by atoms with Crippen LogP contribution in [0.3, 0.4) is 0 Å². The second-order valence-electron chi connectivity index (χ2n) is 9.30. The number of hydrogen-bond acceptors (Lipinski definition) is 4. The van der Waals surface area contributed by atoms with E-state index in [9.17, 15) is 4.79 Å². The van der Waals surface area contributed by atoms with Crippen LogP contribution >= 0.6 is 23.2 Å². The molecule has 6 rings (SSSR count). The minimum atomic E-state index is -0.111. The molecule has 0 saturated heterocycles. The van der Waals surface area contributed by atoms with Crippen molar-refractivity contribution in [2.45, 2.75) is 20.0 Å². The Kier molecular flexibility index (Phi) is 6.25. The van der Waals surface area contributed by atoms with Crippen LogP contribution in [0, 0.1) is 6.92 Å². The van der Waals surface area contributed by atoms with Crippen molar-refractivity contribution in [2.75, 3.05) is 6.73 Å². The Morgan fingerprint density at radius 1 is 0.946 bits per heavy atom. The second-order valence-corrected chi connectivity index (χ2v) is 10.1. The molecule has 0 aliphatic carbocycles. The van der Waals surface area contributed by atoms with E-state index in [0.717, 1.165) is 39.1 Å². The Hall–Kier alpha value is -3.57. The number of rotatable bonds is 4. The van der Waals surface area contributed by atoms with E-state index in [2.05, 4.69) is 29.2 Å². The lowest BCUT2D eigenvalue weighted by atomic mass is 9.98. The lowest BCUT2D eigenvalue weighted by Gasteiger charge is -2.30. The molecular weight excluding hydrogens is 505 g/mol. The number of ketones is 1. The first kappa shape index (κ1) is 23.8. The first-order valence-electron chi connectivity index (χ1n) is 12.0. The third-order valence-electron chi connectivity index (χ3n) is 6.71. The van der Waals surface area contributed by atoms with Gasteiger partial charge < -0.3 is 9.47 Å². The van der Waals surface area contributed by atoms with Gasteiger partial charge in [0, 0.05) is 23.1 Å². The highest BCUT2D eigenvalue weighted by Crippen LogP contribution is 2.44. The molecule has 0 radical (unpaired) electrons. The van der Waals surface area contributed by atoms with E-state index >= 15 is 0 Å². The monoisotopic (exact) mass is 527 g/mol. The van der Waals surface area contributed by atoms with Gasteiger partial charge in [0.2, 0.25) is 5.78 Å². The highest BCUT2D eigenvalue weighted by molar-refractivity contribution is 6.35. The smallest absolute Gasteiger partial charge is 0.232 e. The molecule has 4 aromatic rings. The normalized spacial score (nSPS) is 15.8. The zero-order valence-electron chi connectivity index (χ0n) is 20.1. The SMILES string of the molecule is Cc1cc2c(c3c1C(=O)/C(=C/c1ccc(-c4ccccc4)cc1)O3)CN(Cc1ccc(Cl)cc1Cl)CO2. The van der Waals surface area contributed by atoms with Crippen LogP contribution in [0.15, 0.2) is 84.6 Å². The van der Waals surface area contributed by atoms with E-state index in [1.54, 1.807) is 12.1 Å². The fourth-order valence-electron chi connectivity index (χ4n) is 4.82. The Balaban J connectivity index is 1.27. The van der Waals surface area contributed by atoms with E-state index in [4.69, 9.17) is 32.7 Å². The number of carbonyl (C=O) groups excluding carboxylic acids is 1. The summed E-state index contributed by atoms with van der Waals surface area (Å²) in [5.74, 6) is 1.53. The van der Waals surface area contributed by atoms with Crippen molar-refractivity contribution >= 4 is 35.1 Å². The maximum Gasteiger partial charge on any atom is 0.232 e. The first-order chi connectivity index (χ1) is 18.0. The van der Waals surface area contributed by atoms with Crippen molar-refractivity contribution in [1.29, 1.82) is 0 Å². The molecule has 2 aliphatic heterocycles. The highest BCUT2D eigenvalue weighted by Gasteiger charge is 2.35. The number of carbonyl (C=O) groups is 1. The number of aryl methyl sites for hydroxylation is 1. The lowest BCUT2D eigenvalue weighted by molar-refractivity contribution is 0.0872. The largest absolute Gasteiger partial charge is 0.478 e. The molecule has 0 unspecified atom stereocenters. The van der Waals surface area contributed by atoms with Crippen LogP contribution in [0.2, 0.25) is 10.0 Å². The summed E-state index contributed by atoms with van der Waals surface area (Å²) in [5.41, 5.74) is 6.43. The van der Waals surface area contributed by atoms with E-state index < -0.39 is 0 Å². The van der Waals surface area contributed by atoms with Crippen molar-refractivity contribution in [3.8, 4) is 22.6 Å². The fourth-order valence-corrected chi connectivity index (χ4v) is 5.29. The third-order valence-corrected chi connectivity index (χ3v) is 7.30. The standard InChI is InChI=1S/C31H23Cl2NO3/c1-19-13-27-25(17-34(18-36-27)16-23-11-12-24(32)15-26(23)33)31-29(19)30(35)28(37-31)14-20-7-9-22(10-8-20)21-5-3-2-4-6-21/h2-15H,16-18H2,1H3/b28-14-. The molecule has 0 spiro atoms. The van der Waals surface area contributed by atoms with Crippen LogP contribution in [0.25, 0.3) is 17.2 Å². The van der Waals surface area contributed by atoms with Crippen molar-refractivity contribution in [1.82, 2.24) is 4.90 Å². The summed E-state index contributed by atoms with van der Waals surface area (Å²) >= 11 is 12.4. The number of fused-ring (bicyclic) bond motifs is 3. The first-order valence-corrected chi connectivity index (χ1v) is 12.8. The summed E-state index contributed by atoms with van der Waals surface area (Å²) in [6.07, 6.45) is 1.80. The van der Waals surface area contributed by atoms with Crippen LogP contribution in [-0.4, -0.2) is 17.4 Å². The summed E-state index contributed by atoms with van der Waals surface area (Å²) in [7, 11) is 0. The van der Waals surface area contributed by atoms with Gasteiger partial charge in [0.15, 0.2) is 5.76 Å². The van der Waals surface area contributed by atoms with Crippen LogP contribution in [0.4, 0.5) is 0 Å². The highest BCUT2D eigenvalue weighted by atomic mass is 35.5. The Morgan fingerprint density at radius 3 is 2.46 bits per heavy atom. The average molecular weight is 528 g/mol. The number of ether oxygens (including phenoxy) is 2. The van der Waals surface area contributed by atoms with Gasteiger partial charge in [-0.05, 0) is 59.0 Å². The second kappa shape index (κ2) is 9.71. The van der Waals surface area contributed by atoms with Crippen LogP contribution in [-0.2, 0) is 13.1 Å². The zero-order valence-corrected chi connectivity index (χ0v) is 21.6. The van der Waals surface area contributed by atoms with Gasteiger partial charge in [-0.15, -0.1) is 0 Å². The Bertz CT molecular complexity index is 1550. The number of nitrogens with zero attached hydrogens (tertiary/aromatic N) is 1. The molecule has 0 fully saturated rings. The summed E-state index contributed by atoms with van der Waals surface area (Å²) < 4.78 is 12.3. The molecule has 0 amide bonds. The maximum atomic E-state index is 13.4. The van der Waals surface area contributed by atoms with Crippen molar-refractivity contribution < 1.29 is 14.3 Å². The molecule has 184 valence electrons. The number of hydrogen-bond donors (Lipinski definition) is 0. The molecular formula is C31H23Cl2NO3. The summed E-state index contributed by atoms with van der Waals surface area (Å²) in [6.45, 7) is 3.49. The van der Waals surface area contributed by atoms with Crippen LogP contribution < -0.4 is 9.47 Å². The number of halogens is 2. The fraction of sp³-hybridized carbons (Fsp3) is 0.129. The van der Waals surface area contributed by atoms with Crippen molar-refractivity contribution in [3.05, 3.63) is 122 Å². The van der Waals surface area contributed by atoms with Gasteiger partial charge in [0.05, 0.1) is 11.1 Å². The molecule has 2 aliphatic rings. The maximum absolute atomic E-state index is 13.4. The van der Waals surface area contributed by atoms with E-state index in [0.29, 0.717) is 46.9 Å². The molecule has 37 heavy (non-hydrogen) atoms. The van der Waals surface area contributed by atoms with Gasteiger partial charge in [-0.1, -0.05) is 83.9 Å². The molecule has 0 saturated carbocycles. The Morgan fingerprint density at radius 2 is 1.70 bits per heavy atom. The molecule has 0 N–H and O–H groups in total. The lowest BCUT2D eigenvalue weighted by Crippen LogP contribution is -2.32. The van der Waals surface area contributed by atoms with Crippen molar-refractivity contribution in [3.63, 3.8) is 0 Å². The molecule has 0 atom stereocenters. The number of Topliss-reactive ketones (excluding diaryl/α,β-unsaturated/α-hetero) is 1. The molecule has 2 heterocycles. The average Bonchev–Trinajstić information content (AvgIpc) is 3.23. The number of benzene rings is 4. The molecule has 0 aromatic heterocycles. The molecule has 4 nitrogen and oxygen atoms in total. The predicted molar refractivity (Wildman–Crippen MR) is 147 cm³/mol. The van der Waals surface area contributed by atoms with Gasteiger partial charge in [-0.2, -0.15) is 0 Å². The molecule has 0 bridgehead atoms. The van der Waals surface area contributed by atoms with Gasteiger partial charge in [-0.3, -0.25) is 9.69 Å². The van der Waals surface area contributed by atoms with Gasteiger partial charge in [-0.25, -0.2) is 0 Å². The summed E-state index contributed by atoms with van der Waals surface area (Å²) in [6, 6.07) is 25.7. The van der Waals surface area contributed by atoms with E-state index in [-0.39, 0.29) is 5.78 Å². The van der Waals surface area contributed by atoms with Crippen LogP contribution in [0.1, 0.15) is 32.6 Å². The molecule has 4 aromatic carbocycles. The Labute approximate surface area is 225 Å².